The van der Waals surface area contributed by atoms with E-state index in [4.69, 9.17) is 4.74 Å². The molecule has 2 aromatic heterocycles. The Bertz CT molecular complexity index is 600. The highest BCUT2D eigenvalue weighted by atomic mass is 16.5. The van der Waals surface area contributed by atoms with E-state index in [1.54, 1.807) is 41.9 Å². The number of carbonyl (C=O) groups excluding carboxylic acids is 2. The summed E-state index contributed by atoms with van der Waals surface area (Å²) in [6, 6.07) is 5.10. The van der Waals surface area contributed by atoms with Crippen molar-refractivity contribution in [3.8, 4) is 0 Å². The first-order chi connectivity index (χ1) is 8.65. The second-order valence-corrected chi connectivity index (χ2v) is 3.69. The topological polar surface area (TPSA) is 57.0 Å². The molecule has 0 aliphatic rings. The van der Waals surface area contributed by atoms with E-state index in [2.05, 4.69) is 4.74 Å². The van der Waals surface area contributed by atoms with Crippen LogP contribution in [-0.4, -0.2) is 30.1 Å². The normalized spacial score (nSPS) is 10.3. The van der Waals surface area contributed by atoms with Crippen LogP contribution in [0.1, 0.15) is 27.6 Å². The number of rotatable bonds is 3. The number of pyridine rings is 1. The van der Waals surface area contributed by atoms with Gasteiger partial charge >= 0.3 is 11.9 Å². The number of hydrogen-bond acceptors (Lipinski definition) is 4. The van der Waals surface area contributed by atoms with E-state index in [9.17, 15) is 9.59 Å². The van der Waals surface area contributed by atoms with E-state index in [0.717, 1.165) is 5.52 Å². The second kappa shape index (κ2) is 4.91. The van der Waals surface area contributed by atoms with E-state index in [1.807, 2.05) is 0 Å². The molecule has 0 radical (unpaired) electrons. The molecule has 0 bridgehead atoms. The lowest BCUT2D eigenvalue weighted by atomic mass is 10.2. The molecule has 0 fully saturated rings. The van der Waals surface area contributed by atoms with Crippen molar-refractivity contribution in [3.05, 3.63) is 41.7 Å². The van der Waals surface area contributed by atoms with Crippen molar-refractivity contribution in [3.63, 3.8) is 0 Å². The van der Waals surface area contributed by atoms with Gasteiger partial charge in [0.05, 0.1) is 24.8 Å². The minimum atomic E-state index is -0.414. The molecule has 0 atom stereocenters. The molecule has 0 saturated heterocycles. The van der Waals surface area contributed by atoms with Gasteiger partial charge in [0, 0.05) is 17.9 Å². The summed E-state index contributed by atoms with van der Waals surface area (Å²) in [5.74, 6) is -0.788. The zero-order valence-electron chi connectivity index (χ0n) is 10.2. The first kappa shape index (κ1) is 12.2. The minimum absolute atomic E-state index is 0.332. The summed E-state index contributed by atoms with van der Waals surface area (Å²) in [5.41, 5.74) is 1.69. The van der Waals surface area contributed by atoms with Crippen molar-refractivity contribution < 1.29 is 19.1 Å². The summed E-state index contributed by atoms with van der Waals surface area (Å²) in [6.07, 6.45) is 3.24. The molecule has 0 N–H and O–H groups in total. The molecule has 5 heteroatoms. The predicted molar refractivity (Wildman–Crippen MR) is 64.7 cm³/mol. The molecular formula is C13H13NO4. The molecule has 0 aromatic carbocycles. The van der Waals surface area contributed by atoms with Crippen LogP contribution in [0.3, 0.4) is 0 Å². The standard InChI is InChI=1S/C13H13NO4/c1-3-18-13(16)10-6-11-5-4-9(12(15)17-2)7-14(11)8-10/h4-8H,3H2,1-2H3. The molecule has 94 valence electrons. The molecule has 0 amide bonds. The van der Waals surface area contributed by atoms with Crippen LogP contribution in [0.2, 0.25) is 0 Å². The Hall–Kier alpha value is -2.30. The number of carbonyl (C=O) groups is 2. The van der Waals surface area contributed by atoms with Gasteiger partial charge in [0.15, 0.2) is 0 Å². The molecule has 2 rings (SSSR count). The van der Waals surface area contributed by atoms with Gasteiger partial charge in [-0.05, 0) is 25.1 Å². The summed E-state index contributed by atoms with van der Waals surface area (Å²) < 4.78 is 11.2. The maximum absolute atomic E-state index is 11.6. The first-order valence-corrected chi connectivity index (χ1v) is 5.53. The Morgan fingerprint density at radius 2 is 1.89 bits per heavy atom. The maximum atomic E-state index is 11.6. The Labute approximate surface area is 104 Å². The third-order valence-electron chi connectivity index (χ3n) is 2.52. The third-order valence-corrected chi connectivity index (χ3v) is 2.52. The summed E-state index contributed by atoms with van der Waals surface area (Å²) in [7, 11) is 1.33. The van der Waals surface area contributed by atoms with Gasteiger partial charge in [-0.2, -0.15) is 0 Å². The van der Waals surface area contributed by atoms with E-state index < -0.39 is 5.97 Å². The Kier molecular flexibility index (Phi) is 3.32. The smallest absolute Gasteiger partial charge is 0.339 e. The van der Waals surface area contributed by atoms with Gasteiger partial charge in [-0.15, -0.1) is 0 Å². The average Bonchev–Trinajstić information content (AvgIpc) is 2.80. The number of esters is 2. The van der Waals surface area contributed by atoms with Crippen LogP contribution in [-0.2, 0) is 9.47 Å². The van der Waals surface area contributed by atoms with E-state index in [1.165, 1.54) is 7.11 Å². The lowest BCUT2D eigenvalue weighted by Gasteiger charge is -2.00. The van der Waals surface area contributed by atoms with Crippen molar-refractivity contribution in [2.24, 2.45) is 0 Å². The summed E-state index contributed by atoms with van der Waals surface area (Å²) >= 11 is 0. The maximum Gasteiger partial charge on any atom is 0.339 e. The quantitative estimate of drug-likeness (QED) is 0.777. The molecule has 5 nitrogen and oxygen atoms in total. The van der Waals surface area contributed by atoms with Crippen LogP contribution >= 0.6 is 0 Å². The van der Waals surface area contributed by atoms with Crippen molar-refractivity contribution in [2.45, 2.75) is 6.92 Å². The van der Waals surface area contributed by atoms with Crippen LogP contribution in [0, 0.1) is 0 Å². The lowest BCUT2D eigenvalue weighted by Crippen LogP contribution is -2.03. The van der Waals surface area contributed by atoms with Crippen LogP contribution < -0.4 is 0 Å². The number of hydrogen-bond donors (Lipinski definition) is 0. The molecule has 0 saturated carbocycles. The van der Waals surface area contributed by atoms with Crippen molar-refractivity contribution in [1.29, 1.82) is 0 Å². The molecule has 0 aliphatic heterocycles. The zero-order chi connectivity index (χ0) is 13.1. The van der Waals surface area contributed by atoms with Crippen molar-refractivity contribution in [1.82, 2.24) is 4.40 Å². The van der Waals surface area contributed by atoms with Crippen molar-refractivity contribution in [2.75, 3.05) is 13.7 Å². The monoisotopic (exact) mass is 247 g/mol. The molecular weight excluding hydrogens is 234 g/mol. The number of nitrogens with zero attached hydrogens (tertiary/aromatic N) is 1. The van der Waals surface area contributed by atoms with Crippen LogP contribution in [0.15, 0.2) is 30.6 Å². The number of ether oxygens (including phenoxy) is 2. The van der Waals surface area contributed by atoms with Gasteiger partial charge in [-0.3, -0.25) is 0 Å². The fourth-order valence-corrected chi connectivity index (χ4v) is 1.67. The van der Waals surface area contributed by atoms with E-state index in [0.29, 0.717) is 17.7 Å². The molecule has 2 heterocycles. The highest BCUT2D eigenvalue weighted by Crippen LogP contribution is 2.13. The Morgan fingerprint density at radius 1 is 1.17 bits per heavy atom. The summed E-state index contributed by atoms with van der Waals surface area (Å²) in [6.45, 7) is 2.08. The number of fused-ring (bicyclic) bond motifs is 1. The fraction of sp³-hybridized carbons (Fsp3) is 0.231. The molecule has 0 unspecified atom stereocenters. The van der Waals surface area contributed by atoms with Gasteiger partial charge in [0.25, 0.3) is 0 Å². The highest BCUT2D eigenvalue weighted by Gasteiger charge is 2.11. The molecule has 0 aliphatic carbocycles. The fourth-order valence-electron chi connectivity index (χ4n) is 1.67. The Morgan fingerprint density at radius 3 is 2.56 bits per heavy atom. The van der Waals surface area contributed by atoms with Gasteiger partial charge in [-0.1, -0.05) is 0 Å². The second-order valence-electron chi connectivity index (χ2n) is 3.69. The SMILES string of the molecule is CCOC(=O)c1cc2ccc(C(=O)OC)cn2c1. The van der Waals surface area contributed by atoms with Gasteiger partial charge in [-0.25, -0.2) is 9.59 Å². The largest absolute Gasteiger partial charge is 0.465 e. The van der Waals surface area contributed by atoms with E-state index >= 15 is 0 Å². The van der Waals surface area contributed by atoms with Crippen LogP contribution in [0.5, 0.6) is 0 Å². The number of methoxy groups -OCH3 is 1. The van der Waals surface area contributed by atoms with Gasteiger partial charge < -0.3 is 13.9 Å². The van der Waals surface area contributed by atoms with Gasteiger partial charge in [0.1, 0.15) is 0 Å². The molecule has 2 aromatic rings. The number of aromatic nitrogens is 1. The molecule has 18 heavy (non-hydrogen) atoms. The molecule has 0 spiro atoms. The van der Waals surface area contributed by atoms with Gasteiger partial charge in [0.2, 0.25) is 0 Å². The van der Waals surface area contributed by atoms with Crippen molar-refractivity contribution >= 4 is 17.5 Å². The third kappa shape index (κ3) is 2.20. The first-order valence-electron chi connectivity index (χ1n) is 5.53. The van der Waals surface area contributed by atoms with Crippen LogP contribution in [0.4, 0.5) is 0 Å². The summed E-state index contributed by atoms with van der Waals surface area (Å²) in [4.78, 5) is 22.9. The highest BCUT2D eigenvalue weighted by molar-refractivity contribution is 5.92. The Balaban J connectivity index is 2.39. The minimum Gasteiger partial charge on any atom is -0.465 e. The zero-order valence-corrected chi connectivity index (χ0v) is 10.2. The van der Waals surface area contributed by atoms with E-state index in [-0.39, 0.29) is 5.97 Å². The lowest BCUT2D eigenvalue weighted by molar-refractivity contribution is 0.0525. The average molecular weight is 247 g/mol. The van der Waals surface area contributed by atoms with Crippen LogP contribution in [0.25, 0.3) is 5.52 Å². The predicted octanol–water partition coefficient (Wildman–Crippen LogP) is 1.90. The summed E-state index contributed by atoms with van der Waals surface area (Å²) in [5, 5.41) is 0.